The minimum atomic E-state index is 0.516. The van der Waals surface area contributed by atoms with E-state index in [0.717, 1.165) is 24.7 Å². The van der Waals surface area contributed by atoms with Crippen molar-refractivity contribution in [2.45, 2.75) is 69.7 Å². The highest BCUT2D eigenvalue weighted by atomic mass is 16.5. The molecule has 3 nitrogen and oxygen atoms in total. The third-order valence-electron chi connectivity index (χ3n) is 4.87. The largest absolute Gasteiger partial charge is 0.378 e. The number of ether oxygens (including phenoxy) is 1. The Hall–Kier alpha value is -0.120. The fraction of sp³-hybridized carbons (Fsp3) is 1.00. The van der Waals surface area contributed by atoms with E-state index < -0.39 is 0 Å². The molecule has 3 saturated heterocycles. The van der Waals surface area contributed by atoms with Crippen molar-refractivity contribution in [2.75, 3.05) is 19.7 Å². The van der Waals surface area contributed by atoms with E-state index in [-0.39, 0.29) is 0 Å². The predicted molar refractivity (Wildman–Crippen MR) is 69.2 cm³/mol. The third kappa shape index (κ3) is 2.67. The van der Waals surface area contributed by atoms with Crippen LogP contribution in [-0.2, 0) is 4.74 Å². The maximum Gasteiger partial charge on any atom is 0.0587 e. The monoisotopic (exact) mass is 238 g/mol. The highest BCUT2D eigenvalue weighted by molar-refractivity contribution is 4.92. The second-order valence-corrected chi connectivity index (χ2v) is 6.00. The van der Waals surface area contributed by atoms with E-state index in [1.54, 1.807) is 0 Å². The van der Waals surface area contributed by atoms with Crippen LogP contribution >= 0.6 is 0 Å². The van der Waals surface area contributed by atoms with Gasteiger partial charge < -0.3 is 10.1 Å². The molecule has 0 aliphatic carbocycles. The van der Waals surface area contributed by atoms with Crippen molar-refractivity contribution in [3.63, 3.8) is 0 Å². The summed E-state index contributed by atoms with van der Waals surface area (Å²) in [6, 6.07) is 2.37. The molecule has 3 aliphatic rings. The summed E-state index contributed by atoms with van der Waals surface area (Å²) in [6.45, 7) is 5.80. The Bertz CT molecular complexity index is 259. The van der Waals surface area contributed by atoms with Crippen LogP contribution in [0.4, 0.5) is 0 Å². The van der Waals surface area contributed by atoms with E-state index in [1.165, 1.54) is 51.6 Å². The molecule has 2 bridgehead atoms. The van der Waals surface area contributed by atoms with Gasteiger partial charge in [-0.1, -0.05) is 6.92 Å². The zero-order chi connectivity index (χ0) is 11.7. The zero-order valence-electron chi connectivity index (χ0n) is 11.0. The molecule has 1 N–H and O–H groups in total. The van der Waals surface area contributed by atoms with Crippen LogP contribution in [0.25, 0.3) is 0 Å². The number of hydrogen-bond donors (Lipinski definition) is 1. The molecule has 0 aromatic heterocycles. The molecule has 3 aliphatic heterocycles. The van der Waals surface area contributed by atoms with Gasteiger partial charge in [0.2, 0.25) is 0 Å². The van der Waals surface area contributed by atoms with Crippen molar-refractivity contribution >= 4 is 0 Å². The highest BCUT2D eigenvalue weighted by Gasteiger charge is 2.33. The van der Waals surface area contributed by atoms with Crippen LogP contribution in [0.5, 0.6) is 0 Å². The molecule has 17 heavy (non-hydrogen) atoms. The molecule has 4 atom stereocenters. The lowest BCUT2D eigenvalue weighted by atomic mass is 9.98. The molecule has 3 heteroatoms. The molecule has 0 saturated carbocycles. The number of hydrogen-bond acceptors (Lipinski definition) is 3. The number of nitrogens with zero attached hydrogens (tertiary/aromatic N) is 1. The molecule has 0 radical (unpaired) electrons. The summed E-state index contributed by atoms with van der Waals surface area (Å²) >= 11 is 0. The van der Waals surface area contributed by atoms with Gasteiger partial charge in [-0.2, -0.15) is 0 Å². The van der Waals surface area contributed by atoms with Crippen LogP contribution in [0.15, 0.2) is 0 Å². The lowest BCUT2D eigenvalue weighted by molar-refractivity contribution is -0.0290. The molecule has 0 spiro atoms. The van der Waals surface area contributed by atoms with Gasteiger partial charge in [-0.05, 0) is 45.1 Å². The van der Waals surface area contributed by atoms with E-state index in [9.17, 15) is 0 Å². The zero-order valence-corrected chi connectivity index (χ0v) is 11.0. The Kier molecular flexibility index (Phi) is 3.69. The number of rotatable bonds is 2. The average Bonchev–Trinajstić information content (AvgIpc) is 2.69. The predicted octanol–water partition coefficient (Wildman–Crippen LogP) is 1.77. The van der Waals surface area contributed by atoms with Crippen LogP contribution in [-0.4, -0.2) is 48.8 Å². The minimum absolute atomic E-state index is 0.516. The van der Waals surface area contributed by atoms with Crippen molar-refractivity contribution in [2.24, 2.45) is 0 Å². The number of nitrogens with one attached hydrogen (secondary N) is 1. The van der Waals surface area contributed by atoms with Crippen molar-refractivity contribution in [1.82, 2.24) is 10.2 Å². The summed E-state index contributed by atoms with van der Waals surface area (Å²) in [6.07, 6.45) is 8.34. The molecular formula is C14H26N2O. The molecule has 3 rings (SSSR count). The highest BCUT2D eigenvalue weighted by Crippen LogP contribution is 2.26. The lowest BCUT2D eigenvalue weighted by Crippen LogP contribution is -2.46. The van der Waals surface area contributed by atoms with Crippen molar-refractivity contribution < 1.29 is 4.74 Å². The van der Waals surface area contributed by atoms with Crippen LogP contribution in [0.2, 0.25) is 0 Å². The van der Waals surface area contributed by atoms with E-state index in [0.29, 0.717) is 6.10 Å². The first-order valence-corrected chi connectivity index (χ1v) is 7.47. The van der Waals surface area contributed by atoms with Gasteiger partial charge >= 0.3 is 0 Å². The Balaban J connectivity index is 1.59. The molecule has 3 fully saturated rings. The molecule has 0 aromatic carbocycles. The van der Waals surface area contributed by atoms with E-state index in [2.05, 4.69) is 17.1 Å². The Morgan fingerprint density at radius 2 is 2.06 bits per heavy atom. The van der Waals surface area contributed by atoms with Gasteiger partial charge in [-0.3, -0.25) is 4.90 Å². The van der Waals surface area contributed by atoms with Gasteiger partial charge in [0, 0.05) is 31.3 Å². The fourth-order valence-electron chi connectivity index (χ4n) is 3.78. The summed E-state index contributed by atoms with van der Waals surface area (Å²) in [7, 11) is 0. The molecule has 98 valence electrons. The summed E-state index contributed by atoms with van der Waals surface area (Å²) in [5.41, 5.74) is 0. The second-order valence-electron chi connectivity index (χ2n) is 6.00. The molecule has 4 unspecified atom stereocenters. The van der Waals surface area contributed by atoms with Crippen LogP contribution in [0.1, 0.15) is 45.4 Å². The van der Waals surface area contributed by atoms with Crippen molar-refractivity contribution in [1.29, 1.82) is 0 Å². The summed E-state index contributed by atoms with van der Waals surface area (Å²) in [5, 5.41) is 3.77. The molecule has 0 aromatic rings. The van der Waals surface area contributed by atoms with E-state index in [1.807, 2.05) is 0 Å². The number of likely N-dealkylation sites (tertiary alicyclic amines) is 1. The average molecular weight is 238 g/mol. The smallest absolute Gasteiger partial charge is 0.0587 e. The fourth-order valence-corrected chi connectivity index (χ4v) is 3.78. The Morgan fingerprint density at radius 3 is 2.94 bits per heavy atom. The van der Waals surface area contributed by atoms with Gasteiger partial charge in [0.05, 0.1) is 6.10 Å². The van der Waals surface area contributed by atoms with Gasteiger partial charge in [0.1, 0.15) is 0 Å². The molecule has 0 amide bonds. The standard InChI is InChI=1S/C14H26N2O/c1-2-14-9-13(6-8-17-14)16-7-5-11-3-4-12(10-16)15-11/h11-15H,2-10H2,1H3. The van der Waals surface area contributed by atoms with E-state index >= 15 is 0 Å². The summed E-state index contributed by atoms with van der Waals surface area (Å²) in [4.78, 5) is 2.75. The van der Waals surface area contributed by atoms with Crippen LogP contribution < -0.4 is 5.32 Å². The maximum atomic E-state index is 5.80. The van der Waals surface area contributed by atoms with Crippen LogP contribution in [0.3, 0.4) is 0 Å². The quantitative estimate of drug-likeness (QED) is 0.793. The summed E-state index contributed by atoms with van der Waals surface area (Å²) in [5.74, 6) is 0. The first-order valence-electron chi connectivity index (χ1n) is 7.47. The lowest BCUT2D eigenvalue weighted by Gasteiger charge is -2.38. The van der Waals surface area contributed by atoms with Gasteiger partial charge in [-0.15, -0.1) is 0 Å². The van der Waals surface area contributed by atoms with Crippen molar-refractivity contribution in [3.05, 3.63) is 0 Å². The van der Waals surface area contributed by atoms with Gasteiger partial charge in [-0.25, -0.2) is 0 Å². The molecular weight excluding hydrogens is 212 g/mol. The molecule has 3 heterocycles. The number of fused-ring (bicyclic) bond motifs is 2. The summed E-state index contributed by atoms with van der Waals surface area (Å²) < 4.78 is 5.80. The SMILES string of the molecule is CCC1CC(N2CCC3CCC(C2)N3)CCO1. The Labute approximate surface area is 105 Å². The van der Waals surface area contributed by atoms with Crippen molar-refractivity contribution in [3.8, 4) is 0 Å². The first kappa shape index (κ1) is 11.9. The Morgan fingerprint density at radius 1 is 1.18 bits per heavy atom. The first-order chi connectivity index (χ1) is 8.35. The topological polar surface area (TPSA) is 24.5 Å². The van der Waals surface area contributed by atoms with Gasteiger partial charge in [0.25, 0.3) is 0 Å². The third-order valence-corrected chi connectivity index (χ3v) is 4.87. The van der Waals surface area contributed by atoms with Crippen LogP contribution in [0, 0.1) is 0 Å². The second kappa shape index (κ2) is 5.25. The van der Waals surface area contributed by atoms with E-state index in [4.69, 9.17) is 4.74 Å². The maximum absolute atomic E-state index is 5.80. The normalized spacial score (nSPS) is 43.6. The van der Waals surface area contributed by atoms with Gasteiger partial charge in [0.15, 0.2) is 0 Å². The minimum Gasteiger partial charge on any atom is -0.378 e.